The molecule has 0 saturated carbocycles. The van der Waals surface area contributed by atoms with Crippen molar-refractivity contribution in [1.29, 1.82) is 0 Å². The summed E-state index contributed by atoms with van der Waals surface area (Å²) in [6, 6.07) is 21.5. The van der Waals surface area contributed by atoms with Gasteiger partial charge in [-0.15, -0.1) is 0 Å². The normalized spacial score (nSPS) is 10.8. The molecular weight excluding hydrogens is 230 g/mol. The molecule has 0 aliphatic carbocycles. The van der Waals surface area contributed by atoms with Crippen LogP contribution in [-0.4, -0.2) is 0 Å². The van der Waals surface area contributed by atoms with Gasteiger partial charge >= 0.3 is 0 Å². The van der Waals surface area contributed by atoms with E-state index in [2.05, 4.69) is 67.6 Å². The summed E-state index contributed by atoms with van der Waals surface area (Å²) < 4.78 is 0. The van der Waals surface area contributed by atoms with Crippen molar-refractivity contribution in [3.63, 3.8) is 0 Å². The molecule has 1 heteroatoms. The van der Waals surface area contributed by atoms with E-state index < -0.39 is 0 Å². The summed E-state index contributed by atoms with van der Waals surface area (Å²) in [5.41, 5.74) is 10.7. The third-order valence-corrected chi connectivity index (χ3v) is 3.60. The largest absolute Gasteiger partial charge is 0.326 e. The zero-order valence-electron chi connectivity index (χ0n) is 11.1. The molecule has 0 radical (unpaired) electrons. The third kappa shape index (κ3) is 2.25. The molecule has 0 saturated heterocycles. The molecule has 0 spiro atoms. The highest BCUT2D eigenvalue weighted by Crippen LogP contribution is 2.27. The van der Waals surface area contributed by atoms with E-state index in [1.54, 1.807) is 0 Å². The summed E-state index contributed by atoms with van der Waals surface area (Å²) in [6.45, 7) is 2.73. The predicted octanol–water partition coefficient (Wildman–Crippen LogP) is 4.27. The summed E-state index contributed by atoms with van der Waals surface area (Å²) in [7, 11) is 0. The van der Waals surface area contributed by atoms with Crippen molar-refractivity contribution >= 4 is 10.8 Å². The molecule has 2 N–H and O–H groups in total. The van der Waals surface area contributed by atoms with Crippen molar-refractivity contribution in [1.82, 2.24) is 0 Å². The fourth-order valence-corrected chi connectivity index (χ4v) is 2.46. The van der Waals surface area contributed by atoms with Crippen LogP contribution in [0.25, 0.3) is 21.9 Å². The lowest BCUT2D eigenvalue weighted by Crippen LogP contribution is -1.97. The molecule has 0 heterocycles. The maximum Gasteiger partial charge on any atom is 0.0178 e. The van der Waals surface area contributed by atoms with E-state index in [9.17, 15) is 0 Å². The number of aryl methyl sites for hydroxylation is 1. The molecule has 0 aliphatic rings. The molecular formula is C18H17N. The highest BCUT2D eigenvalue weighted by atomic mass is 14.5. The zero-order valence-corrected chi connectivity index (χ0v) is 11.1. The van der Waals surface area contributed by atoms with Crippen LogP contribution in [0.2, 0.25) is 0 Å². The first kappa shape index (κ1) is 11.9. The molecule has 0 aromatic heterocycles. The molecule has 0 amide bonds. The fraction of sp³-hybridized carbons (Fsp3) is 0.111. The van der Waals surface area contributed by atoms with Crippen molar-refractivity contribution < 1.29 is 0 Å². The van der Waals surface area contributed by atoms with Gasteiger partial charge in [0.25, 0.3) is 0 Å². The number of hydrogen-bond acceptors (Lipinski definition) is 1. The maximum absolute atomic E-state index is 5.74. The Hall–Kier alpha value is -2.12. The van der Waals surface area contributed by atoms with Crippen LogP contribution in [-0.2, 0) is 6.54 Å². The molecule has 94 valence electrons. The first-order valence-corrected chi connectivity index (χ1v) is 6.57. The summed E-state index contributed by atoms with van der Waals surface area (Å²) in [4.78, 5) is 0. The van der Waals surface area contributed by atoms with Crippen molar-refractivity contribution in [2.45, 2.75) is 13.5 Å². The first-order valence-electron chi connectivity index (χ1n) is 6.57. The van der Waals surface area contributed by atoms with E-state index in [4.69, 9.17) is 5.73 Å². The topological polar surface area (TPSA) is 26.0 Å². The van der Waals surface area contributed by atoms with E-state index in [0.717, 1.165) is 0 Å². The van der Waals surface area contributed by atoms with Gasteiger partial charge in [0.2, 0.25) is 0 Å². The van der Waals surface area contributed by atoms with Gasteiger partial charge in [-0.05, 0) is 52.1 Å². The van der Waals surface area contributed by atoms with Crippen LogP contribution in [0.1, 0.15) is 11.1 Å². The van der Waals surface area contributed by atoms with Crippen molar-refractivity contribution in [2.75, 3.05) is 0 Å². The maximum atomic E-state index is 5.74. The van der Waals surface area contributed by atoms with Crippen LogP contribution < -0.4 is 5.73 Å². The molecule has 0 aliphatic heterocycles. The monoisotopic (exact) mass is 247 g/mol. The zero-order chi connectivity index (χ0) is 13.2. The van der Waals surface area contributed by atoms with Crippen LogP contribution in [0.5, 0.6) is 0 Å². The number of fused-ring (bicyclic) bond motifs is 1. The second-order valence-electron chi connectivity index (χ2n) is 4.92. The van der Waals surface area contributed by atoms with Gasteiger partial charge in [-0.25, -0.2) is 0 Å². The first-order chi connectivity index (χ1) is 9.28. The summed E-state index contributed by atoms with van der Waals surface area (Å²) in [6.07, 6.45) is 0. The minimum absolute atomic E-state index is 0.584. The molecule has 0 unspecified atom stereocenters. The van der Waals surface area contributed by atoms with Crippen LogP contribution in [0.3, 0.4) is 0 Å². The highest BCUT2D eigenvalue weighted by Gasteiger charge is 2.04. The second kappa shape index (κ2) is 4.87. The molecule has 0 atom stereocenters. The Kier molecular flexibility index (Phi) is 3.06. The van der Waals surface area contributed by atoms with Crippen LogP contribution in [0, 0.1) is 6.92 Å². The van der Waals surface area contributed by atoms with Crippen molar-refractivity contribution in [3.8, 4) is 11.1 Å². The lowest BCUT2D eigenvalue weighted by molar-refractivity contribution is 1.07. The number of hydrogen-bond donors (Lipinski definition) is 1. The third-order valence-electron chi connectivity index (χ3n) is 3.60. The SMILES string of the molecule is Cc1ccc(CN)cc1-c1ccc2ccccc2c1. The Morgan fingerprint density at radius 2 is 1.63 bits per heavy atom. The summed E-state index contributed by atoms with van der Waals surface area (Å²) in [5, 5.41) is 2.55. The van der Waals surface area contributed by atoms with E-state index in [-0.39, 0.29) is 0 Å². The van der Waals surface area contributed by atoms with Crippen LogP contribution >= 0.6 is 0 Å². The molecule has 19 heavy (non-hydrogen) atoms. The minimum atomic E-state index is 0.584. The van der Waals surface area contributed by atoms with E-state index in [1.165, 1.54) is 33.0 Å². The minimum Gasteiger partial charge on any atom is -0.326 e. The number of benzene rings is 3. The summed E-state index contributed by atoms with van der Waals surface area (Å²) in [5.74, 6) is 0. The van der Waals surface area contributed by atoms with Crippen molar-refractivity contribution in [2.24, 2.45) is 5.73 Å². The quantitative estimate of drug-likeness (QED) is 0.719. The van der Waals surface area contributed by atoms with Gasteiger partial charge in [0.05, 0.1) is 0 Å². The lowest BCUT2D eigenvalue weighted by Gasteiger charge is -2.09. The Morgan fingerprint density at radius 3 is 2.42 bits per heavy atom. The number of nitrogens with two attached hydrogens (primary N) is 1. The number of rotatable bonds is 2. The van der Waals surface area contributed by atoms with Crippen LogP contribution in [0.4, 0.5) is 0 Å². The van der Waals surface area contributed by atoms with Gasteiger partial charge in [0, 0.05) is 6.54 Å². The van der Waals surface area contributed by atoms with Crippen LogP contribution in [0.15, 0.2) is 60.7 Å². The second-order valence-corrected chi connectivity index (χ2v) is 4.92. The summed E-state index contributed by atoms with van der Waals surface area (Å²) >= 11 is 0. The van der Waals surface area contributed by atoms with Crippen molar-refractivity contribution in [3.05, 3.63) is 71.8 Å². The molecule has 0 bridgehead atoms. The molecule has 3 aromatic rings. The van der Waals surface area contributed by atoms with Gasteiger partial charge in [-0.2, -0.15) is 0 Å². The van der Waals surface area contributed by atoms with E-state index >= 15 is 0 Å². The smallest absolute Gasteiger partial charge is 0.0178 e. The Bertz CT molecular complexity index is 729. The van der Waals surface area contributed by atoms with Gasteiger partial charge in [-0.3, -0.25) is 0 Å². The van der Waals surface area contributed by atoms with Gasteiger partial charge < -0.3 is 5.73 Å². The van der Waals surface area contributed by atoms with E-state index in [0.29, 0.717) is 6.54 Å². The molecule has 0 fully saturated rings. The van der Waals surface area contributed by atoms with Gasteiger partial charge in [-0.1, -0.05) is 48.5 Å². The highest BCUT2D eigenvalue weighted by molar-refractivity contribution is 5.87. The Balaban J connectivity index is 2.18. The average molecular weight is 247 g/mol. The average Bonchev–Trinajstić information content (AvgIpc) is 2.47. The van der Waals surface area contributed by atoms with E-state index in [1.807, 2.05) is 0 Å². The lowest BCUT2D eigenvalue weighted by atomic mass is 9.96. The fourth-order valence-electron chi connectivity index (χ4n) is 2.46. The Labute approximate surface area is 113 Å². The molecule has 3 rings (SSSR count). The van der Waals surface area contributed by atoms with Gasteiger partial charge in [0.1, 0.15) is 0 Å². The predicted molar refractivity (Wildman–Crippen MR) is 82.0 cm³/mol. The molecule has 3 aromatic carbocycles. The Morgan fingerprint density at radius 1 is 0.842 bits per heavy atom. The standard InChI is InChI=1S/C18H17N/c1-13-6-7-14(12-19)10-18(13)17-9-8-15-4-2-3-5-16(15)11-17/h2-11H,12,19H2,1H3. The molecule has 1 nitrogen and oxygen atoms in total. The van der Waals surface area contributed by atoms with Gasteiger partial charge in [0.15, 0.2) is 0 Å².